The highest BCUT2D eigenvalue weighted by atomic mass is 35.5. The van der Waals surface area contributed by atoms with Crippen LogP contribution in [0.3, 0.4) is 0 Å². The van der Waals surface area contributed by atoms with Crippen LogP contribution in [0.25, 0.3) is 0 Å². The van der Waals surface area contributed by atoms with E-state index in [9.17, 15) is 10.1 Å². The summed E-state index contributed by atoms with van der Waals surface area (Å²) in [6, 6.07) is 8.21. The van der Waals surface area contributed by atoms with Gasteiger partial charge in [-0.1, -0.05) is 24.4 Å². The van der Waals surface area contributed by atoms with E-state index in [1.807, 2.05) is 18.2 Å². The molecule has 1 saturated carbocycles. The van der Waals surface area contributed by atoms with Crippen LogP contribution in [0.4, 0.5) is 5.69 Å². The van der Waals surface area contributed by atoms with Crippen molar-refractivity contribution in [1.29, 1.82) is 5.26 Å². The average molecular weight is 447 g/mol. The molecule has 1 aliphatic carbocycles. The Labute approximate surface area is 191 Å². The lowest BCUT2D eigenvalue weighted by Crippen LogP contribution is -2.47. The van der Waals surface area contributed by atoms with Crippen molar-refractivity contribution in [2.75, 3.05) is 44.7 Å². The van der Waals surface area contributed by atoms with Gasteiger partial charge in [-0.25, -0.2) is 0 Å². The summed E-state index contributed by atoms with van der Waals surface area (Å²) in [7, 11) is 1.70. The molecule has 0 spiro atoms. The first-order valence-corrected chi connectivity index (χ1v) is 11.9. The number of piperazine rings is 1. The van der Waals surface area contributed by atoms with Crippen molar-refractivity contribution >= 4 is 23.2 Å². The van der Waals surface area contributed by atoms with Crippen molar-refractivity contribution in [3.05, 3.63) is 23.2 Å². The number of primary amides is 1. The first-order valence-electron chi connectivity index (χ1n) is 11.5. The van der Waals surface area contributed by atoms with E-state index in [0.717, 1.165) is 67.9 Å². The summed E-state index contributed by atoms with van der Waals surface area (Å²) in [5.74, 6) is 1.73. The first kappa shape index (κ1) is 23.7. The van der Waals surface area contributed by atoms with Gasteiger partial charge in [0.2, 0.25) is 5.91 Å². The number of benzene rings is 1. The predicted molar refractivity (Wildman–Crippen MR) is 124 cm³/mol. The van der Waals surface area contributed by atoms with Gasteiger partial charge in [0, 0.05) is 43.5 Å². The molecular weight excluding hydrogens is 412 g/mol. The fourth-order valence-electron chi connectivity index (χ4n) is 5.07. The fraction of sp³-hybridized carbons (Fsp3) is 0.667. The Morgan fingerprint density at radius 2 is 1.97 bits per heavy atom. The number of methoxy groups -OCH3 is 1. The molecule has 0 aromatic heterocycles. The van der Waals surface area contributed by atoms with Crippen LogP contribution in [-0.4, -0.2) is 50.6 Å². The maximum atomic E-state index is 11.0. The number of nitriles is 1. The fourth-order valence-corrected chi connectivity index (χ4v) is 5.24. The van der Waals surface area contributed by atoms with E-state index in [0.29, 0.717) is 18.8 Å². The summed E-state index contributed by atoms with van der Waals surface area (Å²) < 4.78 is 5.51. The van der Waals surface area contributed by atoms with E-state index in [4.69, 9.17) is 22.1 Å². The van der Waals surface area contributed by atoms with Gasteiger partial charge in [0.05, 0.1) is 18.9 Å². The number of nitrogens with zero attached hydrogens (tertiary/aromatic N) is 3. The average Bonchev–Trinajstić information content (AvgIpc) is 2.79. The summed E-state index contributed by atoms with van der Waals surface area (Å²) in [6.45, 7) is 5.20. The lowest BCUT2D eigenvalue weighted by atomic mass is 9.74. The van der Waals surface area contributed by atoms with E-state index < -0.39 is 0 Å². The van der Waals surface area contributed by atoms with E-state index >= 15 is 0 Å². The molecule has 1 amide bonds. The molecule has 6 nitrogen and oxygen atoms in total. The molecule has 31 heavy (non-hydrogen) atoms. The Morgan fingerprint density at radius 3 is 2.58 bits per heavy atom. The second-order valence-corrected chi connectivity index (χ2v) is 9.39. The van der Waals surface area contributed by atoms with Crippen molar-refractivity contribution in [3.63, 3.8) is 0 Å². The molecule has 0 radical (unpaired) electrons. The van der Waals surface area contributed by atoms with Crippen LogP contribution in [-0.2, 0) is 4.79 Å². The monoisotopic (exact) mass is 446 g/mol. The molecular formula is C24H35ClN4O2. The van der Waals surface area contributed by atoms with E-state index in [1.54, 1.807) is 7.11 Å². The Bertz CT molecular complexity index is 765. The molecule has 1 aliphatic heterocycles. The van der Waals surface area contributed by atoms with Gasteiger partial charge >= 0.3 is 0 Å². The molecule has 1 atom stereocenters. The SMILES string of the molecule is COc1ccc(Cl)cc1N1CCN(CCC2CCC(C(C#N)CCC(N)=O)CC2)CC1. The highest BCUT2D eigenvalue weighted by molar-refractivity contribution is 6.30. The number of rotatable bonds is 9. The number of hydrogen-bond acceptors (Lipinski definition) is 5. The summed E-state index contributed by atoms with van der Waals surface area (Å²) in [5.41, 5.74) is 6.33. The molecule has 3 rings (SSSR count). The largest absolute Gasteiger partial charge is 0.495 e. The second kappa shape index (κ2) is 11.6. The van der Waals surface area contributed by atoms with Crippen LogP contribution in [0, 0.1) is 29.1 Å². The van der Waals surface area contributed by atoms with E-state index in [1.165, 1.54) is 19.3 Å². The lowest BCUT2D eigenvalue weighted by Gasteiger charge is -2.38. The Kier molecular flexibility index (Phi) is 8.86. The minimum Gasteiger partial charge on any atom is -0.495 e. The van der Waals surface area contributed by atoms with Gasteiger partial charge in [-0.05, 0) is 62.3 Å². The number of nitrogens with two attached hydrogens (primary N) is 1. The zero-order valence-corrected chi connectivity index (χ0v) is 19.3. The van der Waals surface area contributed by atoms with Gasteiger partial charge in [0.25, 0.3) is 0 Å². The van der Waals surface area contributed by atoms with Crippen LogP contribution in [0.2, 0.25) is 5.02 Å². The number of halogens is 1. The van der Waals surface area contributed by atoms with Crippen LogP contribution < -0.4 is 15.4 Å². The van der Waals surface area contributed by atoms with Crippen LogP contribution in [0.15, 0.2) is 18.2 Å². The third kappa shape index (κ3) is 6.75. The lowest BCUT2D eigenvalue weighted by molar-refractivity contribution is -0.118. The molecule has 1 aromatic rings. The van der Waals surface area contributed by atoms with Crippen LogP contribution in [0.1, 0.15) is 44.9 Å². The molecule has 2 fully saturated rings. The Morgan fingerprint density at radius 1 is 1.26 bits per heavy atom. The Hall–Kier alpha value is -1.97. The number of carbonyl (C=O) groups is 1. The van der Waals surface area contributed by atoms with Gasteiger partial charge < -0.3 is 15.4 Å². The predicted octanol–water partition coefficient (Wildman–Crippen LogP) is 4.07. The van der Waals surface area contributed by atoms with Crippen LogP contribution >= 0.6 is 11.6 Å². The normalized spacial score (nSPS) is 23.2. The van der Waals surface area contributed by atoms with Gasteiger partial charge in [0.1, 0.15) is 5.75 Å². The molecule has 1 saturated heterocycles. The van der Waals surface area contributed by atoms with Crippen molar-refractivity contribution in [2.24, 2.45) is 23.5 Å². The summed E-state index contributed by atoms with van der Waals surface area (Å²) in [5, 5.41) is 10.2. The van der Waals surface area contributed by atoms with Crippen molar-refractivity contribution in [2.45, 2.75) is 44.9 Å². The molecule has 1 unspecified atom stereocenters. The van der Waals surface area contributed by atoms with Gasteiger partial charge in [-0.15, -0.1) is 0 Å². The molecule has 2 aliphatic rings. The maximum Gasteiger partial charge on any atom is 0.217 e. The second-order valence-electron chi connectivity index (χ2n) is 8.95. The summed E-state index contributed by atoms with van der Waals surface area (Å²) >= 11 is 6.20. The van der Waals surface area contributed by atoms with Crippen LogP contribution in [0.5, 0.6) is 5.75 Å². The number of amides is 1. The molecule has 170 valence electrons. The molecule has 7 heteroatoms. The third-order valence-electron chi connectivity index (χ3n) is 7.04. The number of hydrogen-bond donors (Lipinski definition) is 1. The number of carbonyl (C=O) groups excluding carboxylic acids is 1. The van der Waals surface area contributed by atoms with E-state index in [2.05, 4.69) is 15.9 Å². The quantitative estimate of drug-likeness (QED) is 0.618. The highest BCUT2D eigenvalue weighted by Crippen LogP contribution is 2.37. The molecule has 1 heterocycles. The van der Waals surface area contributed by atoms with Crippen molar-refractivity contribution in [1.82, 2.24) is 4.90 Å². The zero-order valence-electron chi connectivity index (χ0n) is 18.6. The standard InChI is InChI=1S/C24H35ClN4O2/c1-31-23-8-7-21(25)16-22(23)29-14-12-28(13-15-29)11-10-18-2-4-19(5-3-18)20(17-26)6-9-24(27)30/h7-8,16,18-20H,2-6,9-15H2,1H3,(H2,27,30). The molecule has 2 N–H and O–H groups in total. The molecule has 0 bridgehead atoms. The third-order valence-corrected chi connectivity index (χ3v) is 7.27. The topological polar surface area (TPSA) is 82.6 Å². The van der Waals surface area contributed by atoms with E-state index in [-0.39, 0.29) is 11.8 Å². The highest BCUT2D eigenvalue weighted by Gasteiger charge is 2.28. The minimum absolute atomic E-state index is 0.0231. The van der Waals surface area contributed by atoms with Gasteiger partial charge in [-0.2, -0.15) is 5.26 Å². The Balaban J connectivity index is 1.39. The summed E-state index contributed by atoms with van der Waals surface area (Å²) in [4.78, 5) is 16.0. The first-order chi connectivity index (χ1) is 15.0. The zero-order chi connectivity index (χ0) is 22.2. The van der Waals surface area contributed by atoms with Gasteiger partial charge in [0.15, 0.2) is 0 Å². The summed E-state index contributed by atoms with van der Waals surface area (Å²) in [6.07, 6.45) is 6.76. The number of anilines is 1. The molecule has 1 aromatic carbocycles. The smallest absolute Gasteiger partial charge is 0.217 e. The maximum absolute atomic E-state index is 11.0. The van der Waals surface area contributed by atoms with Gasteiger partial charge in [-0.3, -0.25) is 9.69 Å². The number of ether oxygens (including phenoxy) is 1. The van der Waals surface area contributed by atoms with Crippen molar-refractivity contribution < 1.29 is 9.53 Å². The van der Waals surface area contributed by atoms with Crippen molar-refractivity contribution in [3.8, 4) is 11.8 Å². The minimum atomic E-state index is -0.303.